The molecule has 0 unspecified atom stereocenters. The molecule has 2 aromatic heterocycles. The quantitative estimate of drug-likeness (QED) is 0.743. The lowest BCUT2D eigenvalue weighted by Crippen LogP contribution is -2.28. The van der Waals surface area contributed by atoms with Gasteiger partial charge in [-0.3, -0.25) is 4.79 Å². The molecule has 4 rings (SSSR count). The highest BCUT2D eigenvalue weighted by Crippen LogP contribution is 2.39. The fourth-order valence-corrected chi connectivity index (χ4v) is 4.47. The molecule has 25 heavy (non-hydrogen) atoms. The van der Waals surface area contributed by atoms with Crippen LogP contribution in [0.2, 0.25) is 5.02 Å². The number of aromatic nitrogens is 2. The first kappa shape index (κ1) is 16.3. The molecule has 1 N–H and O–H groups in total. The average Bonchev–Trinajstić information content (AvgIpc) is 3.19. The van der Waals surface area contributed by atoms with Crippen LogP contribution in [0.3, 0.4) is 0 Å². The fourth-order valence-electron chi connectivity index (χ4n) is 3.04. The molecular weight excluding hydrogens is 358 g/mol. The van der Waals surface area contributed by atoms with Crippen LogP contribution < -0.4 is 10.1 Å². The van der Waals surface area contributed by atoms with Gasteiger partial charge in [-0.05, 0) is 42.5 Å². The Morgan fingerprint density at radius 3 is 3.12 bits per heavy atom. The van der Waals surface area contributed by atoms with E-state index in [0.717, 1.165) is 35.0 Å². The number of rotatable bonds is 5. The third kappa shape index (κ3) is 3.45. The van der Waals surface area contributed by atoms with E-state index in [1.165, 1.54) is 16.8 Å². The Morgan fingerprint density at radius 2 is 2.24 bits per heavy atom. The highest BCUT2D eigenvalue weighted by molar-refractivity contribution is 7.18. The molecule has 0 aliphatic heterocycles. The molecular formula is C18H16ClN3O2S. The van der Waals surface area contributed by atoms with Crippen molar-refractivity contribution in [2.75, 3.05) is 6.61 Å². The average molecular weight is 374 g/mol. The standard InChI is InChI=1S/C18H16ClN3O2S/c19-12-4-1-3-11(7-12)8-20-15(23)9-24-17-16-13-5-2-6-14(13)25-18(16)22-10-21-17/h1,3-4,7,10H,2,5-6,8-9H2,(H,20,23). The monoisotopic (exact) mass is 373 g/mol. The van der Waals surface area contributed by atoms with E-state index in [-0.39, 0.29) is 12.5 Å². The molecule has 0 radical (unpaired) electrons. The van der Waals surface area contributed by atoms with Crippen LogP contribution >= 0.6 is 22.9 Å². The maximum absolute atomic E-state index is 12.1. The lowest BCUT2D eigenvalue weighted by Gasteiger charge is -2.08. The second-order valence-electron chi connectivity index (χ2n) is 5.91. The van der Waals surface area contributed by atoms with E-state index in [0.29, 0.717) is 17.4 Å². The van der Waals surface area contributed by atoms with Crippen LogP contribution in [0, 0.1) is 0 Å². The van der Waals surface area contributed by atoms with E-state index < -0.39 is 0 Å². The number of carbonyl (C=O) groups is 1. The van der Waals surface area contributed by atoms with Crippen LogP contribution in [0.1, 0.15) is 22.4 Å². The van der Waals surface area contributed by atoms with Crippen molar-refractivity contribution in [3.05, 3.63) is 51.6 Å². The number of halogens is 1. The van der Waals surface area contributed by atoms with Crippen LogP contribution in [-0.2, 0) is 24.2 Å². The third-order valence-electron chi connectivity index (χ3n) is 4.19. The minimum absolute atomic E-state index is 0.0721. The van der Waals surface area contributed by atoms with Crippen molar-refractivity contribution >= 4 is 39.1 Å². The van der Waals surface area contributed by atoms with E-state index >= 15 is 0 Å². The van der Waals surface area contributed by atoms with Gasteiger partial charge < -0.3 is 10.1 Å². The zero-order valence-electron chi connectivity index (χ0n) is 13.4. The first-order valence-electron chi connectivity index (χ1n) is 8.10. The third-order valence-corrected chi connectivity index (χ3v) is 5.62. The van der Waals surface area contributed by atoms with Crippen LogP contribution in [-0.4, -0.2) is 22.5 Å². The number of benzene rings is 1. The highest BCUT2D eigenvalue weighted by atomic mass is 35.5. The molecule has 0 saturated carbocycles. The molecule has 0 bridgehead atoms. The number of hydrogen-bond donors (Lipinski definition) is 1. The predicted molar refractivity (Wildman–Crippen MR) is 98.2 cm³/mol. The van der Waals surface area contributed by atoms with Gasteiger partial charge >= 0.3 is 0 Å². The van der Waals surface area contributed by atoms with Gasteiger partial charge in [-0.25, -0.2) is 9.97 Å². The van der Waals surface area contributed by atoms with Crippen LogP contribution in [0.5, 0.6) is 5.88 Å². The molecule has 128 valence electrons. The maximum Gasteiger partial charge on any atom is 0.258 e. The Balaban J connectivity index is 1.41. The maximum atomic E-state index is 12.1. The molecule has 0 saturated heterocycles. The number of ether oxygens (including phenoxy) is 1. The van der Waals surface area contributed by atoms with Gasteiger partial charge in [0.1, 0.15) is 11.2 Å². The van der Waals surface area contributed by atoms with Gasteiger partial charge in [0, 0.05) is 16.4 Å². The van der Waals surface area contributed by atoms with E-state index in [2.05, 4.69) is 15.3 Å². The Hall–Kier alpha value is -2.18. The molecule has 3 aromatic rings. The molecule has 0 fully saturated rings. The summed E-state index contributed by atoms with van der Waals surface area (Å²) in [5.41, 5.74) is 2.23. The number of nitrogens with zero attached hydrogens (tertiary/aromatic N) is 2. The fraction of sp³-hybridized carbons (Fsp3) is 0.278. The Bertz CT molecular complexity index is 941. The molecule has 2 heterocycles. The summed E-state index contributed by atoms with van der Waals surface area (Å²) in [4.78, 5) is 22.9. The van der Waals surface area contributed by atoms with Gasteiger partial charge in [-0.1, -0.05) is 23.7 Å². The van der Waals surface area contributed by atoms with Crippen molar-refractivity contribution in [1.29, 1.82) is 0 Å². The van der Waals surface area contributed by atoms with Crippen LogP contribution in [0.4, 0.5) is 0 Å². The second kappa shape index (κ2) is 6.98. The Labute approximate surface area is 154 Å². The van der Waals surface area contributed by atoms with E-state index in [1.54, 1.807) is 17.4 Å². The van der Waals surface area contributed by atoms with E-state index in [4.69, 9.17) is 16.3 Å². The molecule has 5 nitrogen and oxygen atoms in total. The number of amides is 1. The van der Waals surface area contributed by atoms with Crippen molar-refractivity contribution in [3.63, 3.8) is 0 Å². The molecule has 1 aromatic carbocycles. The van der Waals surface area contributed by atoms with Crippen molar-refractivity contribution in [2.45, 2.75) is 25.8 Å². The van der Waals surface area contributed by atoms with Gasteiger partial charge in [-0.2, -0.15) is 0 Å². The largest absolute Gasteiger partial charge is 0.467 e. The molecule has 1 aliphatic rings. The van der Waals surface area contributed by atoms with E-state index in [1.807, 2.05) is 18.2 Å². The summed E-state index contributed by atoms with van der Waals surface area (Å²) in [6.45, 7) is 0.340. The summed E-state index contributed by atoms with van der Waals surface area (Å²) >= 11 is 7.64. The zero-order valence-corrected chi connectivity index (χ0v) is 15.0. The molecule has 7 heteroatoms. The lowest BCUT2D eigenvalue weighted by molar-refractivity contribution is -0.123. The predicted octanol–water partition coefficient (Wildman–Crippen LogP) is 3.53. The summed E-state index contributed by atoms with van der Waals surface area (Å²) in [5, 5.41) is 4.45. The molecule has 1 aliphatic carbocycles. The number of fused-ring (bicyclic) bond motifs is 3. The second-order valence-corrected chi connectivity index (χ2v) is 7.43. The smallest absolute Gasteiger partial charge is 0.258 e. The summed E-state index contributed by atoms with van der Waals surface area (Å²) in [6.07, 6.45) is 4.77. The topological polar surface area (TPSA) is 64.1 Å². The summed E-state index contributed by atoms with van der Waals surface area (Å²) in [6, 6.07) is 7.39. The minimum atomic E-state index is -0.196. The van der Waals surface area contributed by atoms with Crippen LogP contribution in [0.15, 0.2) is 30.6 Å². The lowest BCUT2D eigenvalue weighted by atomic mass is 10.2. The molecule has 0 atom stereocenters. The normalized spacial score (nSPS) is 13.0. The number of carbonyl (C=O) groups excluding carboxylic acids is 1. The van der Waals surface area contributed by atoms with Crippen molar-refractivity contribution in [1.82, 2.24) is 15.3 Å². The Morgan fingerprint density at radius 1 is 1.32 bits per heavy atom. The van der Waals surface area contributed by atoms with Crippen molar-refractivity contribution in [2.24, 2.45) is 0 Å². The number of thiophene rings is 1. The van der Waals surface area contributed by atoms with E-state index in [9.17, 15) is 4.79 Å². The summed E-state index contributed by atoms with van der Waals surface area (Å²) < 4.78 is 5.69. The van der Waals surface area contributed by atoms with Gasteiger partial charge in [0.15, 0.2) is 6.61 Å². The van der Waals surface area contributed by atoms with Crippen LogP contribution in [0.25, 0.3) is 10.2 Å². The highest BCUT2D eigenvalue weighted by Gasteiger charge is 2.22. The first-order chi connectivity index (χ1) is 12.2. The van der Waals surface area contributed by atoms with Gasteiger partial charge in [0.2, 0.25) is 5.88 Å². The SMILES string of the molecule is O=C(COc1ncnc2sc3c(c12)CCC3)NCc1cccc(Cl)c1. The van der Waals surface area contributed by atoms with Gasteiger partial charge in [0.05, 0.1) is 5.39 Å². The molecule has 0 spiro atoms. The number of hydrogen-bond acceptors (Lipinski definition) is 5. The number of nitrogens with one attached hydrogen (secondary N) is 1. The summed E-state index contributed by atoms with van der Waals surface area (Å²) in [5.74, 6) is 0.306. The zero-order chi connectivity index (χ0) is 17.2. The summed E-state index contributed by atoms with van der Waals surface area (Å²) in [7, 11) is 0. The Kier molecular flexibility index (Phi) is 4.55. The van der Waals surface area contributed by atoms with Gasteiger partial charge in [0.25, 0.3) is 5.91 Å². The van der Waals surface area contributed by atoms with Gasteiger partial charge in [-0.15, -0.1) is 11.3 Å². The number of aryl methyl sites for hydroxylation is 2. The van der Waals surface area contributed by atoms with Crippen molar-refractivity contribution < 1.29 is 9.53 Å². The molecule has 1 amide bonds. The van der Waals surface area contributed by atoms with Crippen molar-refractivity contribution in [3.8, 4) is 5.88 Å². The minimum Gasteiger partial charge on any atom is -0.467 e. The first-order valence-corrected chi connectivity index (χ1v) is 9.29.